The molecule has 0 aliphatic carbocycles. The number of hydrogen-bond acceptors (Lipinski definition) is 3. The van der Waals surface area contributed by atoms with Gasteiger partial charge in [0.25, 0.3) is 5.69 Å². The number of benzene rings is 2. The van der Waals surface area contributed by atoms with Crippen LogP contribution in [0.15, 0.2) is 36.4 Å². The molecule has 4 nitrogen and oxygen atoms in total. The second-order valence-electron chi connectivity index (χ2n) is 4.23. The Morgan fingerprint density at radius 3 is 2.65 bits per heavy atom. The van der Waals surface area contributed by atoms with Gasteiger partial charge in [-0.2, -0.15) is 0 Å². The zero-order valence-corrected chi connectivity index (χ0v) is 11.4. The Bertz CT molecular complexity index is 661. The monoisotopic (exact) mass is 295 g/mol. The number of nitro groups is 1. The van der Waals surface area contributed by atoms with Gasteiger partial charge < -0.3 is 4.74 Å². The number of nitro benzene ring substituents is 1. The number of halogens is 2. The number of ether oxygens (including phenoxy) is 1. The van der Waals surface area contributed by atoms with Gasteiger partial charge in [0.2, 0.25) is 0 Å². The summed E-state index contributed by atoms with van der Waals surface area (Å²) in [6.45, 7) is 1.89. The van der Waals surface area contributed by atoms with Crippen LogP contribution in [-0.4, -0.2) is 4.92 Å². The highest BCUT2D eigenvalue weighted by atomic mass is 35.5. The molecule has 0 saturated carbocycles. The minimum absolute atomic E-state index is 0.0725. The molecule has 0 unspecified atom stereocenters. The lowest BCUT2D eigenvalue weighted by molar-refractivity contribution is -0.384. The van der Waals surface area contributed by atoms with Crippen LogP contribution in [0.1, 0.15) is 11.1 Å². The molecule has 2 aromatic carbocycles. The molecule has 0 spiro atoms. The van der Waals surface area contributed by atoms with Crippen molar-refractivity contribution >= 4 is 17.3 Å². The molecule has 2 aromatic rings. The summed E-state index contributed by atoms with van der Waals surface area (Å²) in [5.74, 6) is 0.212. The van der Waals surface area contributed by atoms with E-state index in [-0.39, 0.29) is 23.1 Å². The van der Waals surface area contributed by atoms with E-state index in [4.69, 9.17) is 16.3 Å². The molecule has 20 heavy (non-hydrogen) atoms. The first-order chi connectivity index (χ1) is 9.47. The highest BCUT2D eigenvalue weighted by Crippen LogP contribution is 2.25. The van der Waals surface area contributed by atoms with Gasteiger partial charge in [-0.25, -0.2) is 4.39 Å². The number of nitrogens with zero attached hydrogens (tertiary/aromatic N) is 1. The van der Waals surface area contributed by atoms with Gasteiger partial charge >= 0.3 is 0 Å². The van der Waals surface area contributed by atoms with Crippen molar-refractivity contribution in [2.75, 3.05) is 0 Å². The largest absolute Gasteiger partial charge is 0.489 e. The summed E-state index contributed by atoms with van der Waals surface area (Å²) in [6, 6.07) is 8.38. The van der Waals surface area contributed by atoms with Crippen molar-refractivity contribution in [1.29, 1.82) is 0 Å². The maximum Gasteiger partial charge on any atom is 0.270 e. The molecule has 0 atom stereocenters. The normalized spacial score (nSPS) is 10.3. The SMILES string of the molecule is Cc1cc(F)ccc1OCc1ccc([N+](=O)[O-])cc1Cl. The first kappa shape index (κ1) is 14.3. The fourth-order valence-electron chi connectivity index (χ4n) is 1.70. The Hall–Kier alpha value is -2.14. The van der Waals surface area contributed by atoms with Crippen molar-refractivity contribution in [2.45, 2.75) is 13.5 Å². The van der Waals surface area contributed by atoms with Crippen molar-refractivity contribution in [2.24, 2.45) is 0 Å². The molecule has 0 aliphatic rings. The average Bonchev–Trinajstić information content (AvgIpc) is 2.38. The van der Waals surface area contributed by atoms with E-state index < -0.39 is 4.92 Å². The van der Waals surface area contributed by atoms with Crippen molar-refractivity contribution in [3.05, 3.63) is 68.5 Å². The van der Waals surface area contributed by atoms with Gasteiger partial charge in [-0.15, -0.1) is 0 Å². The first-order valence-electron chi connectivity index (χ1n) is 5.79. The maximum atomic E-state index is 13.0. The van der Waals surface area contributed by atoms with Gasteiger partial charge in [0, 0.05) is 17.7 Å². The molecule has 0 amide bonds. The highest BCUT2D eigenvalue weighted by molar-refractivity contribution is 6.31. The van der Waals surface area contributed by atoms with Crippen LogP contribution in [0.4, 0.5) is 10.1 Å². The minimum atomic E-state index is -0.513. The minimum Gasteiger partial charge on any atom is -0.489 e. The molecule has 0 aliphatic heterocycles. The lowest BCUT2D eigenvalue weighted by Gasteiger charge is -2.10. The molecule has 0 fully saturated rings. The molecule has 0 heterocycles. The summed E-state index contributed by atoms with van der Waals surface area (Å²) >= 11 is 5.96. The smallest absolute Gasteiger partial charge is 0.270 e. The van der Waals surface area contributed by atoms with Gasteiger partial charge in [0.1, 0.15) is 18.2 Å². The number of hydrogen-bond donors (Lipinski definition) is 0. The van der Waals surface area contributed by atoms with Crippen LogP contribution >= 0.6 is 11.6 Å². The molecular formula is C14H11ClFNO3. The summed E-state index contributed by atoms with van der Waals surface area (Å²) in [4.78, 5) is 10.1. The Kier molecular flexibility index (Phi) is 4.20. The topological polar surface area (TPSA) is 52.4 Å². The highest BCUT2D eigenvalue weighted by Gasteiger charge is 2.10. The summed E-state index contributed by atoms with van der Waals surface area (Å²) in [6.07, 6.45) is 0. The van der Waals surface area contributed by atoms with E-state index in [2.05, 4.69) is 0 Å². The van der Waals surface area contributed by atoms with Crippen molar-refractivity contribution in [1.82, 2.24) is 0 Å². The van der Waals surface area contributed by atoms with Crippen LogP contribution in [0, 0.1) is 22.9 Å². The number of aryl methyl sites for hydroxylation is 1. The second kappa shape index (κ2) is 5.88. The third-order valence-electron chi connectivity index (χ3n) is 2.77. The summed E-state index contributed by atoms with van der Waals surface area (Å²) in [5.41, 5.74) is 1.22. The lowest BCUT2D eigenvalue weighted by Crippen LogP contribution is -1.99. The summed E-state index contributed by atoms with van der Waals surface area (Å²) < 4.78 is 18.5. The first-order valence-corrected chi connectivity index (χ1v) is 6.17. The Morgan fingerprint density at radius 2 is 2.05 bits per heavy atom. The molecular weight excluding hydrogens is 285 g/mol. The predicted octanol–water partition coefficient (Wildman–Crippen LogP) is 4.27. The van der Waals surface area contributed by atoms with Crippen LogP contribution in [-0.2, 0) is 6.61 Å². The number of non-ortho nitro benzene ring substituents is 1. The molecule has 0 saturated heterocycles. The van der Waals surface area contributed by atoms with Crippen molar-refractivity contribution in [3.8, 4) is 5.75 Å². The van der Waals surface area contributed by atoms with Gasteiger partial charge in [-0.05, 0) is 36.8 Å². The van der Waals surface area contributed by atoms with E-state index in [1.54, 1.807) is 13.0 Å². The molecule has 0 radical (unpaired) electrons. The van der Waals surface area contributed by atoms with Crippen LogP contribution in [0.25, 0.3) is 0 Å². The van der Waals surface area contributed by atoms with Gasteiger partial charge in [0.15, 0.2) is 0 Å². The van der Waals surface area contributed by atoms with E-state index in [1.165, 1.54) is 30.3 Å². The zero-order valence-electron chi connectivity index (χ0n) is 10.6. The second-order valence-corrected chi connectivity index (χ2v) is 4.64. The molecule has 0 bridgehead atoms. The number of rotatable bonds is 4. The van der Waals surface area contributed by atoms with Gasteiger partial charge in [0.05, 0.1) is 9.95 Å². The van der Waals surface area contributed by atoms with Crippen LogP contribution in [0.3, 0.4) is 0 Å². The van der Waals surface area contributed by atoms with Crippen molar-refractivity contribution in [3.63, 3.8) is 0 Å². The maximum absolute atomic E-state index is 13.0. The summed E-state index contributed by atoms with van der Waals surface area (Å²) in [7, 11) is 0. The standard InChI is InChI=1S/C14H11ClFNO3/c1-9-6-11(16)3-5-14(9)20-8-10-2-4-12(17(18)19)7-13(10)15/h2-7H,8H2,1H3. The van der Waals surface area contributed by atoms with E-state index >= 15 is 0 Å². The Morgan fingerprint density at radius 1 is 1.30 bits per heavy atom. The third-order valence-corrected chi connectivity index (χ3v) is 3.12. The van der Waals surface area contributed by atoms with Crippen LogP contribution in [0.2, 0.25) is 5.02 Å². The zero-order chi connectivity index (χ0) is 14.7. The van der Waals surface area contributed by atoms with Crippen molar-refractivity contribution < 1.29 is 14.1 Å². The van der Waals surface area contributed by atoms with Gasteiger partial charge in [-0.3, -0.25) is 10.1 Å². The van der Waals surface area contributed by atoms with E-state index in [0.29, 0.717) is 16.9 Å². The quantitative estimate of drug-likeness (QED) is 0.625. The lowest BCUT2D eigenvalue weighted by atomic mass is 10.2. The average molecular weight is 296 g/mol. The molecule has 6 heteroatoms. The molecule has 2 rings (SSSR count). The Labute approximate surface area is 119 Å². The fraction of sp³-hybridized carbons (Fsp3) is 0.143. The molecule has 0 aromatic heterocycles. The van der Waals surface area contributed by atoms with E-state index in [1.807, 2.05) is 0 Å². The van der Waals surface area contributed by atoms with Crippen LogP contribution in [0.5, 0.6) is 5.75 Å². The molecule has 104 valence electrons. The van der Waals surface area contributed by atoms with Crippen LogP contribution < -0.4 is 4.74 Å². The fourth-order valence-corrected chi connectivity index (χ4v) is 1.93. The van der Waals surface area contributed by atoms with E-state index in [9.17, 15) is 14.5 Å². The summed E-state index contributed by atoms with van der Waals surface area (Å²) in [5, 5.41) is 10.9. The Balaban J connectivity index is 2.13. The van der Waals surface area contributed by atoms with E-state index in [0.717, 1.165) is 0 Å². The molecule has 0 N–H and O–H groups in total. The van der Waals surface area contributed by atoms with Gasteiger partial charge in [-0.1, -0.05) is 11.6 Å². The predicted molar refractivity (Wildman–Crippen MR) is 73.6 cm³/mol. The third kappa shape index (κ3) is 3.24.